The number of rotatable bonds is 4. The van der Waals surface area contributed by atoms with Crippen LogP contribution in [0.1, 0.15) is 43.6 Å². The quantitative estimate of drug-likeness (QED) is 0.777. The molecule has 1 aliphatic carbocycles. The van der Waals surface area contributed by atoms with Gasteiger partial charge in [0.25, 0.3) is 0 Å². The van der Waals surface area contributed by atoms with E-state index in [4.69, 9.17) is 0 Å². The van der Waals surface area contributed by atoms with Crippen LogP contribution in [0.2, 0.25) is 0 Å². The van der Waals surface area contributed by atoms with Gasteiger partial charge in [0.15, 0.2) is 0 Å². The Balaban J connectivity index is 1.31. The summed E-state index contributed by atoms with van der Waals surface area (Å²) < 4.78 is 0. The molecule has 6 heteroatoms. The van der Waals surface area contributed by atoms with E-state index in [1.165, 1.54) is 6.42 Å². The summed E-state index contributed by atoms with van der Waals surface area (Å²) in [5.41, 5.74) is 3.40. The first-order valence-electron chi connectivity index (χ1n) is 11.8. The molecule has 2 aromatic rings. The van der Waals surface area contributed by atoms with Gasteiger partial charge in [0.05, 0.1) is 18.7 Å². The lowest BCUT2D eigenvalue weighted by molar-refractivity contribution is -0.159. The lowest BCUT2D eigenvalue weighted by Crippen LogP contribution is -2.74. The van der Waals surface area contributed by atoms with Crippen LogP contribution in [-0.2, 0) is 4.79 Å². The summed E-state index contributed by atoms with van der Waals surface area (Å²) in [7, 11) is 0. The molecular weight excluding hydrogens is 402 g/mol. The Morgan fingerprint density at radius 2 is 1.66 bits per heavy atom. The molecule has 0 radical (unpaired) electrons. The molecule has 2 heterocycles. The first kappa shape index (κ1) is 21.0. The second-order valence-electron chi connectivity index (χ2n) is 9.30. The van der Waals surface area contributed by atoms with Gasteiger partial charge >= 0.3 is 6.03 Å². The SMILES string of the molecule is O=C(NC1CCCCC1)N1CC(=O)N2[C@H](C1)[C@H](c1ccc(-c3ccccc3)cc1)[C@@H]2CO. The number of nitrogens with one attached hydrogen (secondary N) is 1. The van der Waals surface area contributed by atoms with Crippen molar-refractivity contribution in [1.82, 2.24) is 15.1 Å². The van der Waals surface area contributed by atoms with Gasteiger partial charge in [0, 0.05) is 18.5 Å². The molecular formula is C26H31N3O3. The molecule has 3 atom stereocenters. The third-order valence-corrected chi connectivity index (χ3v) is 7.37. The van der Waals surface area contributed by atoms with Crippen molar-refractivity contribution in [2.24, 2.45) is 0 Å². The van der Waals surface area contributed by atoms with Gasteiger partial charge in [0.1, 0.15) is 6.54 Å². The lowest BCUT2D eigenvalue weighted by atomic mass is 9.73. The fourth-order valence-electron chi connectivity index (χ4n) is 5.70. The van der Waals surface area contributed by atoms with Crippen molar-refractivity contribution in [1.29, 1.82) is 0 Å². The fourth-order valence-corrected chi connectivity index (χ4v) is 5.70. The first-order chi connectivity index (χ1) is 15.7. The van der Waals surface area contributed by atoms with Gasteiger partial charge in [-0.2, -0.15) is 0 Å². The maximum atomic E-state index is 12.9. The van der Waals surface area contributed by atoms with Crippen molar-refractivity contribution in [3.8, 4) is 11.1 Å². The molecule has 0 spiro atoms. The zero-order valence-corrected chi connectivity index (χ0v) is 18.3. The van der Waals surface area contributed by atoms with E-state index in [0.29, 0.717) is 6.54 Å². The monoisotopic (exact) mass is 433 g/mol. The fraction of sp³-hybridized carbons (Fsp3) is 0.462. The number of nitrogens with zero attached hydrogens (tertiary/aromatic N) is 2. The average Bonchev–Trinajstić information content (AvgIpc) is 2.82. The van der Waals surface area contributed by atoms with Crippen LogP contribution >= 0.6 is 0 Å². The van der Waals surface area contributed by atoms with Gasteiger partial charge in [0.2, 0.25) is 5.91 Å². The summed E-state index contributed by atoms with van der Waals surface area (Å²) in [5.74, 6) is -0.0460. The maximum absolute atomic E-state index is 12.9. The van der Waals surface area contributed by atoms with Crippen LogP contribution in [0.4, 0.5) is 4.79 Å². The van der Waals surface area contributed by atoms with E-state index in [9.17, 15) is 14.7 Å². The van der Waals surface area contributed by atoms with Crippen molar-refractivity contribution in [3.05, 3.63) is 60.2 Å². The highest BCUT2D eigenvalue weighted by Gasteiger charge is 2.54. The van der Waals surface area contributed by atoms with E-state index >= 15 is 0 Å². The summed E-state index contributed by atoms with van der Waals surface area (Å²) in [4.78, 5) is 29.2. The molecule has 2 aliphatic heterocycles. The van der Waals surface area contributed by atoms with E-state index in [1.54, 1.807) is 9.80 Å². The number of benzene rings is 2. The highest BCUT2D eigenvalue weighted by molar-refractivity contribution is 5.87. The Morgan fingerprint density at radius 3 is 2.34 bits per heavy atom. The lowest BCUT2D eigenvalue weighted by Gasteiger charge is -2.58. The number of hydrogen-bond acceptors (Lipinski definition) is 3. The molecule has 168 valence electrons. The summed E-state index contributed by atoms with van der Waals surface area (Å²) in [6.45, 7) is 0.527. The van der Waals surface area contributed by atoms with Crippen LogP contribution in [-0.4, -0.2) is 64.7 Å². The zero-order valence-electron chi connectivity index (χ0n) is 18.3. The largest absolute Gasteiger partial charge is 0.394 e. The van der Waals surface area contributed by atoms with Crippen LogP contribution in [0.3, 0.4) is 0 Å². The molecule has 0 aromatic heterocycles. The zero-order chi connectivity index (χ0) is 22.1. The standard InChI is InChI=1S/C26H31N3O3/c30-17-23-25(20-13-11-19(12-14-20)18-7-3-1-4-8-18)22-15-28(16-24(31)29(22)23)26(32)27-21-9-5-2-6-10-21/h1,3-4,7-8,11-14,21-23,25,30H,2,5-6,9-10,15-17H2,(H,27,32)/t22-,23+,25+/m1/s1. The Bertz CT molecular complexity index is 956. The second-order valence-corrected chi connectivity index (χ2v) is 9.30. The van der Waals surface area contributed by atoms with Crippen molar-refractivity contribution >= 4 is 11.9 Å². The van der Waals surface area contributed by atoms with E-state index in [2.05, 4.69) is 41.7 Å². The Morgan fingerprint density at radius 1 is 0.969 bits per heavy atom. The number of piperazine rings is 1. The summed E-state index contributed by atoms with van der Waals surface area (Å²) >= 11 is 0. The number of urea groups is 1. The maximum Gasteiger partial charge on any atom is 0.318 e. The molecule has 0 unspecified atom stereocenters. The van der Waals surface area contributed by atoms with Gasteiger partial charge < -0.3 is 20.2 Å². The molecule has 3 amide bonds. The third kappa shape index (κ3) is 3.88. The summed E-state index contributed by atoms with van der Waals surface area (Å²) in [5, 5.41) is 13.2. The van der Waals surface area contributed by atoms with E-state index < -0.39 is 0 Å². The normalized spacial score (nSPS) is 25.8. The highest BCUT2D eigenvalue weighted by atomic mass is 16.3. The van der Waals surface area contributed by atoms with Crippen LogP contribution in [0, 0.1) is 0 Å². The molecule has 2 N–H and O–H groups in total. The van der Waals surface area contributed by atoms with Gasteiger partial charge in [-0.3, -0.25) is 4.79 Å². The summed E-state index contributed by atoms with van der Waals surface area (Å²) in [6, 6.07) is 18.4. The number of hydrogen-bond donors (Lipinski definition) is 2. The molecule has 5 rings (SSSR count). The molecule has 3 fully saturated rings. The van der Waals surface area contributed by atoms with E-state index in [-0.39, 0.29) is 49.1 Å². The molecule has 6 nitrogen and oxygen atoms in total. The molecule has 2 aromatic carbocycles. The number of carbonyl (C=O) groups is 2. The van der Waals surface area contributed by atoms with Gasteiger partial charge in [-0.1, -0.05) is 73.9 Å². The minimum atomic E-state index is -0.223. The Kier molecular flexibility index (Phi) is 5.87. The molecule has 0 bridgehead atoms. The molecule has 1 saturated carbocycles. The average molecular weight is 434 g/mol. The number of carbonyl (C=O) groups excluding carboxylic acids is 2. The predicted molar refractivity (Wildman–Crippen MR) is 123 cm³/mol. The number of aliphatic hydroxyl groups is 1. The number of aliphatic hydroxyl groups excluding tert-OH is 1. The first-order valence-corrected chi connectivity index (χ1v) is 11.8. The van der Waals surface area contributed by atoms with Crippen LogP contribution in [0.25, 0.3) is 11.1 Å². The van der Waals surface area contributed by atoms with Crippen molar-refractivity contribution in [3.63, 3.8) is 0 Å². The van der Waals surface area contributed by atoms with Crippen molar-refractivity contribution in [2.75, 3.05) is 19.7 Å². The topological polar surface area (TPSA) is 72.9 Å². The Labute approximate surface area is 189 Å². The second kappa shape index (κ2) is 8.94. The van der Waals surface area contributed by atoms with Gasteiger partial charge in [-0.25, -0.2) is 4.79 Å². The van der Waals surface area contributed by atoms with Crippen molar-refractivity contribution in [2.45, 2.75) is 56.1 Å². The van der Waals surface area contributed by atoms with Gasteiger partial charge in [-0.15, -0.1) is 0 Å². The minimum absolute atomic E-state index is 0.0269. The number of amides is 3. The smallest absolute Gasteiger partial charge is 0.318 e. The minimum Gasteiger partial charge on any atom is -0.394 e. The van der Waals surface area contributed by atoms with Crippen LogP contribution < -0.4 is 5.32 Å². The number of fused-ring (bicyclic) bond motifs is 1. The predicted octanol–water partition coefficient (Wildman–Crippen LogP) is 3.37. The third-order valence-electron chi connectivity index (χ3n) is 7.37. The van der Waals surface area contributed by atoms with E-state index in [1.807, 2.05) is 18.2 Å². The van der Waals surface area contributed by atoms with Gasteiger partial charge in [-0.05, 0) is 29.5 Å². The van der Waals surface area contributed by atoms with E-state index in [0.717, 1.165) is 42.4 Å². The molecule has 32 heavy (non-hydrogen) atoms. The molecule has 3 aliphatic rings. The van der Waals surface area contributed by atoms with Crippen LogP contribution in [0.15, 0.2) is 54.6 Å². The summed E-state index contributed by atoms with van der Waals surface area (Å²) in [6.07, 6.45) is 5.58. The Hall–Kier alpha value is -2.86. The van der Waals surface area contributed by atoms with Crippen LogP contribution in [0.5, 0.6) is 0 Å². The van der Waals surface area contributed by atoms with Crippen molar-refractivity contribution < 1.29 is 14.7 Å². The molecule has 2 saturated heterocycles. The highest BCUT2D eigenvalue weighted by Crippen LogP contribution is 2.43.